The molecule has 1 N–H and O–H groups in total. The average molecular weight is 316 g/mol. The fourth-order valence-electron chi connectivity index (χ4n) is 2.76. The lowest BCUT2D eigenvalue weighted by Crippen LogP contribution is -2.17. The van der Waals surface area contributed by atoms with E-state index in [1.54, 1.807) is 18.3 Å². The third-order valence-corrected chi connectivity index (χ3v) is 3.84. The second-order valence-electron chi connectivity index (χ2n) is 5.36. The van der Waals surface area contributed by atoms with E-state index >= 15 is 0 Å². The Morgan fingerprint density at radius 1 is 1.08 bits per heavy atom. The number of non-ortho nitro benzene ring substituents is 1. The minimum Gasteiger partial charge on any atom is -0.261 e. The fourth-order valence-corrected chi connectivity index (χ4v) is 2.76. The third-order valence-electron chi connectivity index (χ3n) is 3.84. The SMILES string of the molecule is O=[N+]([O-])c1cccc(/C=N\NC2=Nc3cccc4cccc2c34)c1. The number of nitrogens with zero attached hydrogens (tertiary/aromatic N) is 3. The normalized spacial score (nSPS) is 12.6. The Bertz CT molecular complexity index is 1020. The zero-order valence-corrected chi connectivity index (χ0v) is 12.5. The van der Waals surface area contributed by atoms with Crippen LogP contribution in [0.5, 0.6) is 0 Å². The first kappa shape index (κ1) is 14.1. The number of nitro groups is 1. The van der Waals surface area contributed by atoms with Gasteiger partial charge in [0, 0.05) is 28.6 Å². The Labute approximate surface area is 137 Å². The molecule has 0 saturated carbocycles. The smallest absolute Gasteiger partial charge is 0.261 e. The molecule has 24 heavy (non-hydrogen) atoms. The molecule has 3 aromatic carbocycles. The van der Waals surface area contributed by atoms with Gasteiger partial charge in [0.1, 0.15) is 0 Å². The van der Waals surface area contributed by atoms with Crippen LogP contribution in [-0.4, -0.2) is 17.0 Å². The van der Waals surface area contributed by atoms with E-state index in [1.165, 1.54) is 12.1 Å². The maximum absolute atomic E-state index is 10.8. The van der Waals surface area contributed by atoms with Crippen LogP contribution >= 0.6 is 0 Å². The highest BCUT2D eigenvalue weighted by Gasteiger charge is 2.17. The fraction of sp³-hybridized carbons (Fsp3) is 0. The van der Waals surface area contributed by atoms with E-state index in [-0.39, 0.29) is 5.69 Å². The van der Waals surface area contributed by atoms with E-state index < -0.39 is 4.92 Å². The van der Waals surface area contributed by atoms with Crippen molar-refractivity contribution in [2.45, 2.75) is 0 Å². The molecule has 1 aliphatic heterocycles. The van der Waals surface area contributed by atoms with Gasteiger partial charge in [-0.25, -0.2) is 4.99 Å². The van der Waals surface area contributed by atoms with Gasteiger partial charge in [-0.2, -0.15) is 5.10 Å². The molecule has 0 aliphatic carbocycles. The Morgan fingerprint density at radius 3 is 2.71 bits per heavy atom. The molecule has 0 aromatic heterocycles. The molecule has 0 spiro atoms. The summed E-state index contributed by atoms with van der Waals surface area (Å²) in [5, 5.41) is 17.2. The molecule has 0 fully saturated rings. The van der Waals surface area contributed by atoms with Crippen molar-refractivity contribution < 1.29 is 4.92 Å². The minimum atomic E-state index is -0.427. The second-order valence-corrected chi connectivity index (χ2v) is 5.36. The van der Waals surface area contributed by atoms with Crippen molar-refractivity contribution in [1.82, 2.24) is 5.43 Å². The van der Waals surface area contributed by atoms with Crippen LogP contribution in [0.4, 0.5) is 11.4 Å². The number of nitro benzene ring substituents is 1. The van der Waals surface area contributed by atoms with Crippen LogP contribution in [0.1, 0.15) is 11.1 Å². The zero-order chi connectivity index (χ0) is 16.5. The Hall–Kier alpha value is -3.54. The molecule has 1 heterocycles. The highest BCUT2D eigenvalue weighted by atomic mass is 16.6. The van der Waals surface area contributed by atoms with Crippen LogP contribution in [0, 0.1) is 10.1 Å². The van der Waals surface area contributed by atoms with E-state index in [0.29, 0.717) is 11.4 Å². The number of rotatable bonds is 3. The number of hydrogen-bond acceptors (Lipinski definition) is 5. The van der Waals surface area contributed by atoms with Gasteiger partial charge in [-0.15, -0.1) is 0 Å². The number of hydrazone groups is 1. The average Bonchev–Trinajstić information content (AvgIpc) is 2.96. The molecular weight excluding hydrogens is 304 g/mol. The topological polar surface area (TPSA) is 79.9 Å². The van der Waals surface area contributed by atoms with E-state index in [9.17, 15) is 10.1 Å². The molecule has 0 unspecified atom stereocenters. The second kappa shape index (κ2) is 5.58. The molecule has 1 aliphatic rings. The first-order valence-electron chi connectivity index (χ1n) is 7.37. The molecule has 116 valence electrons. The van der Waals surface area contributed by atoms with Crippen LogP contribution in [0.3, 0.4) is 0 Å². The Kier molecular flexibility index (Phi) is 3.28. The standard InChI is InChI=1S/C18H12N4O2/c23-22(24)14-7-1-4-12(10-14)11-19-21-18-15-8-2-5-13-6-3-9-16(20-18)17(13)15/h1-11H,(H,20,21)/b19-11-. The van der Waals surface area contributed by atoms with Gasteiger partial charge in [-0.05, 0) is 11.5 Å². The van der Waals surface area contributed by atoms with Gasteiger partial charge in [0.2, 0.25) is 0 Å². The highest BCUT2D eigenvalue weighted by Crippen LogP contribution is 2.34. The summed E-state index contributed by atoms with van der Waals surface area (Å²) in [6.45, 7) is 0. The van der Waals surface area contributed by atoms with Crippen LogP contribution in [-0.2, 0) is 0 Å². The molecular formula is C18H12N4O2. The van der Waals surface area contributed by atoms with E-state index in [4.69, 9.17) is 0 Å². The number of benzene rings is 3. The number of amidine groups is 1. The number of hydrogen-bond donors (Lipinski definition) is 1. The summed E-state index contributed by atoms with van der Waals surface area (Å²) in [5.74, 6) is 0.670. The maximum atomic E-state index is 10.8. The summed E-state index contributed by atoms with van der Waals surface area (Å²) in [7, 11) is 0. The van der Waals surface area contributed by atoms with Gasteiger partial charge < -0.3 is 0 Å². The van der Waals surface area contributed by atoms with Crippen LogP contribution in [0.2, 0.25) is 0 Å². The maximum Gasteiger partial charge on any atom is 0.270 e. The quantitative estimate of drug-likeness (QED) is 0.454. The summed E-state index contributed by atoms with van der Waals surface area (Å²) in [4.78, 5) is 14.9. The van der Waals surface area contributed by atoms with Gasteiger partial charge >= 0.3 is 0 Å². The largest absolute Gasteiger partial charge is 0.270 e. The predicted octanol–water partition coefficient (Wildman–Crippen LogP) is 3.76. The zero-order valence-electron chi connectivity index (χ0n) is 12.5. The molecule has 0 atom stereocenters. The lowest BCUT2D eigenvalue weighted by atomic mass is 10.0. The van der Waals surface area contributed by atoms with Gasteiger partial charge in [0.05, 0.1) is 16.8 Å². The van der Waals surface area contributed by atoms with Gasteiger partial charge in [0.15, 0.2) is 5.84 Å². The molecule has 3 aromatic rings. The minimum absolute atomic E-state index is 0.0364. The lowest BCUT2D eigenvalue weighted by molar-refractivity contribution is -0.384. The Balaban J connectivity index is 1.59. The van der Waals surface area contributed by atoms with E-state index in [2.05, 4.69) is 15.5 Å². The number of nitrogens with one attached hydrogen (secondary N) is 1. The van der Waals surface area contributed by atoms with Crippen molar-refractivity contribution in [3.05, 3.63) is 81.9 Å². The van der Waals surface area contributed by atoms with Crippen molar-refractivity contribution in [3.8, 4) is 0 Å². The summed E-state index contributed by atoms with van der Waals surface area (Å²) < 4.78 is 0. The first-order chi connectivity index (χ1) is 11.7. The highest BCUT2D eigenvalue weighted by molar-refractivity contribution is 6.18. The summed E-state index contributed by atoms with van der Waals surface area (Å²) >= 11 is 0. The molecule has 0 amide bonds. The van der Waals surface area contributed by atoms with Gasteiger partial charge in [-0.3, -0.25) is 15.5 Å². The van der Waals surface area contributed by atoms with Crippen molar-refractivity contribution in [3.63, 3.8) is 0 Å². The monoisotopic (exact) mass is 316 g/mol. The van der Waals surface area contributed by atoms with Crippen LogP contribution < -0.4 is 5.43 Å². The van der Waals surface area contributed by atoms with E-state index in [1.807, 2.05) is 36.4 Å². The third kappa shape index (κ3) is 2.40. The first-order valence-corrected chi connectivity index (χ1v) is 7.37. The number of aliphatic imine (C=N–C) groups is 1. The molecule has 0 bridgehead atoms. The predicted molar refractivity (Wildman–Crippen MR) is 94.0 cm³/mol. The molecule has 0 radical (unpaired) electrons. The van der Waals surface area contributed by atoms with Crippen molar-refractivity contribution >= 4 is 34.2 Å². The van der Waals surface area contributed by atoms with Crippen molar-refractivity contribution in [2.75, 3.05) is 0 Å². The summed E-state index contributed by atoms with van der Waals surface area (Å²) in [6, 6.07) is 18.3. The summed E-state index contributed by atoms with van der Waals surface area (Å²) in [6.07, 6.45) is 1.54. The molecule has 6 heteroatoms. The summed E-state index contributed by atoms with van der Waals surface area (Å²) in [5.41, 5.74) is 5.53. The van der Waals surface area contributed by atoms with Crippen molar-refractivity contribution in [2.24, 2.45) is 10.1 Å². The molecule has 0 saturated heterocycles. The Morgan fingerprint density at radius 2 is 1.88 bits per heavy atom. The molecule has 6 nitrogen and oxygen atoms in total. The van der Waals surface area contributed by atoms with E-state index in [0.717, 1.165) is 22.0 Å². The van der Waals surface area contributed by atoms with Gasteiger partial charge in [-0.1, -0.05) is 42.5 Å². The van der Waals surface area contributed by atoms with Gasteiger partial charge in [0.25, 0.3) is 5.69 Å². The lowest BCUT2D eigenvalue weighted by Gasteiger charge is -2.02. The van der Waals surface area contributed by atoms with Crippen molar-refractivity contribution in [1.29, 1.82) is 0 Å². The van der Waals surface area contributed by atoms with Crippen LogP contribution in [0.15, 0.2) is 70.8 Å². The van der Waals surface area contributed by atoms with Crippen LogP contribution in [0.25, 0.3) is 10.8 Å². The molecule has 4 rings (SSSR count).